The number of halogens is 1. The summed E-state index contributed by atoms with van der Waals surface area (Å²) in [7, 11) is 3.15. The molecule has 0 radical (unpaired) electrons. The van der Waals surface area contributed by atoms with E-state index in [9.17, 15) is 14.0 Å². The standard InChI is InChI=1S/C26H27FN4O4/c1-34-22-9-3-18(4-10-22)13-14-30-21(15-25(32)29-24-12-11-23(35-2)16-28-24)17-31(26(30)33)20-7-5-19(27)6-8-20/h3-12,16,21H,13-15,17H2,1-2H3,(H,28,29,32). The lowest BCUT2D eigenvalue weighted by atomic mass is 10.1. The number of benzene rings is 2. The van der Waals surface area contributed by atoms with Crippen molar-refractivity contribution in [3.63, 3.8) is 0 Å². The van der Waals surface area contributed by atoms with Gasteiger partial charge < -0.3 is 19.7 Å². The molecule has 1 aliphatic rings. The normalized spacial score (nSPS) is 15.3. The van der Waals surface area contributed by atoms with E-state index in [2.05, 4.69) is 10.3 Å². The van der Waals surface area contributed by atoms with Gasteiger partial charge in [0, 0.05) is 25.2 Å². The highest BCUT2D eigenvalue weighted by molar-refractivity contribution is 5.96. The molecule has 0 bridgehead atoms. The molecule has 0 spiro atoms. The van der Waals surface area contributed by atoms with E-state index >= 15 is 0 Å². The fourth-order valence-electron chi connectivity index (χ4n) is 4.01. The Hall–Kier alpha value is -4.14. The van der Waals surface area contributed by atoms with Crippen LogP contribution in [0.1, 0.15) is 12.0 Å². The van der Waals surface area contributed by atoms with Crippen molar-refractivity contribution < 1.29 is 23.5 Å². The molecule has 1 fully saturated rings. The number of anilines is 2. The monoisotopic (exact) mass is 478 g/mol. The molecule has 4 rings (SSSR count). The third-order valence-corrected chi connectivity index (χ3v) is 5.91. The van der Waals surface area contributed by atoms with Crippen LogP contribution < -0.4 is 19.7 Å². The van der Waals surface area contributed by atoms with E-state index in [1.165, 1.54) is 18.3 Å². The molecule has 1 aromatic heterocycles. The average Bonchev–Trinajstić information content (AvgIpc) is 3.18. The van der Waals surface area contributed by atoms with Gasteiger partial charge in [-0.05, 0) is 60.5 Å². The molecular weight excluding hydrogens is 451 g/mol. The number of hydrogen-bond donors (Lipinski definition) is 1. The molecule has 8 nitrogen and oxygen atoms in total. The number of hydrogen-bond acceptors (Lipinski definition) is 5. The van der Waals surface area contributed by atoms with E-state index in [0.717, 1.165) is 11.3 Å². The predicted molar refractivity (Wildman–Crippen MR) is 130 cm³/mol. The second-order valence-electron chi connectivity index (χ2n) is 8.15. The first-order valence-electron chi connectivity index (χ1n) is 11.2. The van der Waals surface area contributed by atoms with E-state index in [4.69, 9.17) is 9.47 Å². The zero-order chi connectivity index (χ0) is 24.8. The van der Waals surface area contributed by atoms with Gasteiger partial charge in [0.25, 0.3) is 0 Å². The lowest BCUT2D eigenvalue weighted by Gasteiger charge is -2.23. The molecule has 182 valence electrons. The highest BCUT2D eigenvalue weighted by atomic mass is 19.1. The summed E-state index contributed by atoms with van der Waals surface area (Å²) < 4.78 is 23.7. The summed E-state index contributed by atoms with van der Waals surface area (Å²) in [6.45, 7) is 0.748. The lowest BCUT2D eigenvalue weighted by Crippen LogP contribution is -2.38. The zero-order valence-electron chi connectivity index (χ0n) is 19.6. The van der Waals surface area contributed by atoms with Gasteiger partial charge in [-0.3, -0.25) is 9.69 Å². The zero-order valence-corrected chi connectivity index (χ0v) is 19.6. The van der Waals surface area contributed by atoms with Crippen molar-refractivity contribution in [2.24, 2.45) is 0 Å². The Bertz CT molecular complexity index is 1150. The summed E-state index contributed by atoms with van der Waals surface area (Å²) in [5.74, 6) is 1.12. The maximum atomic E-state index is 13.4. The fraction of sp³-hybridized carbons (Fsp3) is 0.269. The fourth-order valence-corrected chi connectivity index (χ4v) is 4.01. The number of rotatable bonds is 9. The number of ether oxygens (including phenoxy) is 2. The van der Waals surface area contributed by atoms with Gasteiger partial charge in [0.2, 0.25) is 5.91 Å². The van der Waals surface area contributed by atoms with Gasteiger partial charge in [0.05, 0.1) is 26.5 Å². The molecule has 9 heteroatoms. The minimum atomic E-state index is -0.375. The highest BCUT2D eigenvalue weighted by Gasteiger charge is 2.38. The average molecular weight is 479 g/mol. The van der Waals surface area contributed by atoms with Gasteiger partial charge in [0.15, 0.2) is 0 Å². The van der Waals surface area contributed by atoms with Crippen LogP contribution in [0, 0.1) is 5.82 Å². The Balaban J connectivity index is 1.47. The highest BCUT2D eigenvalue weighted by Crippen LogP contribution is 2.26. The Labute approximate surface area is 203 Å². The number of nitrogens with zero attached hydrogens (tertiary/aromatic N) is 3. The van der Waals surface area contributed by atoms with Crippen LogP contribution in [0.4, 0.5) is 20.7 Å². The summed E-state index contributed by atoms with van der Waals surface area (Å²) in [6, 6.07) is 16.2. The molecule has 0 saturated carbocycles. The van der Waals surface area contributed by atoms with Crippen molar-refractivity contribution in [3.05, 3.63) is 78.2 Å². The van der Waals surface area contributed by atoms with Crippen LogP contribution in [-0.4, -0.2) is 55.2 Å². The summed E-state index contributed by atoms with van der Waals surface area (Å²) >= 11 is 0. The first-order chi connectivity index (χ1) is 17.0. The summed E-state index contributed by atoms with van der Waals surface area (Å²) in [5.41, 5.74) is 1.63. The van der Waals surface area contributed by atoms with Gasteiger partial charge in [-0.15, -0.1) is 0 Å². The van der Waals surface area contributed by atoms with Crippen LogP contribution in [0.25, 0.3) is 0 Å². The first kappa shape index (κ1) is 24.0. The number of carbonyl (C=O) groups is 2. The topological polar surface area (TPSA) is 84.0 Å². The van der Waals surface area contributed by atoms with Crippen molar-refractivity contribution in [2.45, 2.75) is 18.9 Å². The third-order valence-electron chi connectivity index (χ3n) is 5.91. The minimum absolute atomic E-state index is 0.0970. The number of nitrogens with one attached hydrogen (secondary N) is 1. The SMILES string of the molecule is COc1ccc(CCN2C(=O)N(c3ccc(F)cc3)CC2CC(=O)Nc2ccc(OC)cn2)cc1. The summed E-state index contributed by atoms with van der Waals surface area (Å²) in [5, 5.41) is 2.78. The van der Waals surface area contributed by atoms with Crippen LogP contribution in [0.3, 0.4) is 0 Å². The molecule has 1 N–H and O–H groups in total. The molecule has 0 aliphatic carbocycles. The molecule has 35 heavy (non-hydrogen) atoms. The van der Waals surface area contributed by atoms with E-state index < -0.39 is 0 Å². The number of pyridine rings is 1. The molecule has 2 aromatic carbocycles. The van der Waals surface area contributed by atoms with Crippen molar-refractivity contribution in [1.29, 1.82) is 0 Å². The molecular formula is C26H27FN4O4. The van der Waals surface area contributed by atoms with Crippen LogP contribution in [-0.2, 0) is 11.2 Å². The maximum absolute atomic E-state index is 13.4. The summed E-state index contributed by atoms with van der Waals surface area (Å²) in [4.78, 5) is 33.6. The molecule has 3 amide bonds. The number of aromatic nitrogens is 1. The second kappa shape index (κ2) is 10.9. The van der Waals surface area contributed by atoms with Gasteiger partial charge in [-0.1, -0.05) is 12.1 Å². The molecule has 2 heterocycles. The Morgan fingerprint density at radius 1 is 1.03 bits per heavy atom. The Morgan fingerprint density at radius 2 is 1.71 bits per heavy atom. The lowest BCUT2D eigenvalue weighted by molar-refractivity contribution is -0.117. The smallest absolute Gasteiger partial charge is 0.324 e. The number of carbonyl (C=O) groups excluding carboxylic acids is 2. The predicted octanol–water partition coefficient (Wildman–Crippen LogP) is 4.12. The van der Waals surface area contributed by atoms with Crippen molar-refractivity contribution in [1.82, 2.24) is 9.88 Å². The van der Waals surface area contributed by atoms with Crippen molar-refractivity contribution in [2.75, 3.05) is 37.5 Å². The summed E-state index contributed by atoms with van der Waals surface area (Å²) in [6.07, 6.45) is 2.23. The molecule has 1 atom stereocenters. The largest absolute Gasteiger partial charge is 0.497 e. The van der Waals surface area contributed by atoms with E-state index in [-0.39, 0.29) is 30.2 Å². The molecule has 3 aromatic rings. The number of methoxy groups -OCH3 is 2. The van der Waals surface area contributed by atoms with E-state index in [1.54, 1.807) is 48.3 Å². The Morgan fingerprint density at radius 3 is 2.34 bits per heavy atom. The molecule has 1 aliphatic heterocycles. The third kappa shape index (κ3) is 5.87. The molecule has 1 unspecified atom stereocenters. The van der Waals surface area contributed by atoms with Gasteiger partial charge in [-0.2, -0.15) is 0 Å². The van der Waals surface area contributed by atoms with Crippen LogP contribution in [0.2, 0.25) is 0 Å². The van der Waals surface area contributed by atoms with Crippen LogP contribution in [0.5, 0.6) is 11.5 Å². The number of urea groups is 1. The van der Waals surface area contributed by atoms with Crippen LogP contribution in [0.15, 0.2) is 66.9 Å². The van der Waals surface area contributed by atoms with Gasteiger partial charge in [0.1, 0.15) is 23.1 Å². The van der Waals surface area contributed by atoms with Gasteiger partial charge >= 0.3 is 6.03 Å². The van der Waals surface area contributed by atoms with Gasteiger partial charge in [-0.25, -0.2) is 14.2 Å². The minimum Gasteiger partial charge on any atom is -0.497 e. The molecule has 1 saturated heterocycles. The maximum Gasteiger partial charge on any atom is 0.324 e. The second-order valence-corrected chi connectivity index (χ2v) is 8.15. The van der Waals surface area contributed by atoms with Crippen LogP contribution >= 0.6 is 0 Å². The van der Waals surface area contributed by atoms with E-state index in [0.29, 0.717) is 36.8 Å². The van der Waals surface area contributed by atoms with Crippen molar-refractivity contribution >= 4 is 23.4 Å². The quantitative estimate of drug-likeness (QED) is 0.500. The first-order valence-corrected chi connectivity index (χ1v) is 11.2. The van der Waals surface area contributed by atoms with E-state index in [1.807, 2.05) is 24.3 Å². The number of amides is 3. The Kier molecular flexibility index (Phi) is 7.45. The van der Waals surface area contributed by atoms with Crippen molar-refractivity contribution in [3.8, 4) is 11.5 Å².